The Morgan fingerprint density at radius 2 is 1.75 bits per heavy atom. The summed E-state index contributed by atoms with van der Waals surface area (Å²) in [5.41, 5.74) is 5.22. The minimum Gasteiger partial charge on any atom is -0.352 e. The molecule has 1 aromatic carbocycles. The normalized spacial score (nSPS) is 15.2. The van der Waals surface area contributed by atoms with Crippen molar-refractivity contribution in [3.05, 3.63) is 28.8 Å². The van der Waals surface area contributed by atoms with Gasteiger partial charge < -0.3 is 10.6 Å². The lowest BCUT2D eigenvalue weighted by Crippen LogP contribution is -2.48. The summed E-state index contributed by atoms with van der Waals surface area (Å²) in [5, 5.41) is 6.79. The van der Waals surface area contributed by atoms with Crippen molar-refractivity contribution in [2.45, 2.75) is 66.0 Å². The van der Waals surface area contributed by atoms with Crippen LogP contribution in [-0.4, -0.2) is 11.5 Å². The zero-order valence-electron chi connectivity index (χ0n) is 13.8. The highest BCUT2D eigenvalue weighted by Crippen LogP contribution is 2.33. The lowest BCUT2D eigenvalue weighted by molar-refractivity contribution is 0.500. The first-order chi connectivity index (χ1) is 9.06. The monoisotopic (exact) mass is 273 g/mol. The van der Waals surface area contributed by atoms with E-state index in [0.717, 1.165) is 18.2 Å². The van der Waals surface area contributed by atoms with E-state index >= 15 is 0 Å². The van der Waals surface area contributed by atoms with Gasteiger partial charge in [0.05, 0.1) is 5.69 Å². The van der Waals surface area contributed by atoms with Gasteiger partial charge in [-0.2, -0.15) is 0 Å². The third kappa shape index (κ3) is 3.33. The van der Waals surface area contributed by atoms with Crippen molar-refractivity contribution in [2.24, 2.45) is 4.99 Å². The van der Waals surface area contributed by atoms with Gasteiger partial charge in [-0.1, -0.05) is 32.9 Å². The highest BCUT2D eigenvalue weighted by molar-refractivity contribution is 5.86. The predicted octanol–water partition coefficient (Wildman–Crippen LogP) is 3.77. The second-order valence-corrected chi connectivity index (χ2v) is 7.74. The molecule has 110 valence electrons. The Kier molecular flexibility index (Phi) is 3.57. The molecule has 0 atom stereocenters. The maximum absolute atomic E-state index is 4.75. The number of aryl methyl sites for hydroxylation is 1. The molecule has 0 bridgehead atoms. The highest BCUT2D eigenvalue weighted by atomic mass is 15.2. The average molecular weight is 273 g/mol. The molecule has 0 radical (unpaired) electrons. The summed E-state index contributed by atoms with van der Waals surface area (Å²) in [6.45, 7) is 16.2. The molecule has 20 heavy (non-hydrogen) atoms. The largest absolute Gasteiger partial charge is 0.352 e. The number of nitrogens with zero attached hydrogens (tertiary/aromatic N) is 1. The number of fused-ring (bicyclic) bond motifs is 1. The SMILES string of the molecule is Cc1cc(C(C)(C)C)cc2c1N=C(NC(C)(C)C)NC2. The molecule has 1 aliphatic rings. The quantitative estimate of drug-likeness (QED) is 0.755. The summed E-state index contributed by atoms with van der Waals surface area (Å²) in [5.74, 6) is 0.872. The number of guanidine groups is 1. The third-order valence-electron chi connectivity index (χ3n) is 3.41. The Morgan fingerprint density at radius 1 is 1.10 bits per heavy atom. The van der Waals surface area contributed by atoms with Gasteiger partial charge >= 0.3 is 0 Å². The van der Waals surface area contributed by atoms with E-state index in [1.165, 1.54) is 16.7 Å². The molecular weight excluding hydrogens is 246 g/mol. The van der Waals surface area contributed by atoms with Crippen molar-refractivity contribution in [1.29, 1.82) is 0 Å². The molecule has 2 rings (SSSR count). The van der Waals surface area contributed by atoms with Crippen molar-refractivity contribution in [3.8, 4) is 0 Å². The number of aliphatic imine (C=N–C) groups is 1. The molecule has 3 nitrogen and oxygen atoms in total. The van der Waals surface area contributed by atoms with Crippen LogP contribution in [0.5, 0.6) is 0 Å². The van der Waals surface area contributed by atoms with Crippen LogP contribution in [0.1, 0.15) is 58.2 Å². The summed E-state index contributed by atoms with van der Waals surface area (Å²) in [4.78, 5) is 4.75. The molecular formula is C17H27N3. The van der Waals surface area contributed by atoms with Crippen LogP contribution < -0.4 is 10.6 Å². The van der Waals surface area contributed by atoms with E-state index in [2.05, 4.69) is 71.2 Å². The minimum absolute atomic E-state index is 0.0165. The number of benzene rings is 1. The highest BCUT2D eigenvalue weighted by Gasteiger charge is 2.21. The van der Waals surface area contributed by atoms with Crippen molar-refractivity contribution in [3.63, 3.8) is 0 Å². The summed E-state index contributed by atoms with van der Waals surface area (Å²) in [6, 6.07) is 4.55. The fraction of sp³-hybridized carbons (Fsp3) is 0.588. The Hall–Kier alpha value is -1.51. The fourth-order valence-electron chi connectivity index (χ4n) is 2.34. The van der Waals surface area contributed by atoms with Crippen LogP contribution in [-0.2, 0) is 12.0 Å². The van der Waals surface area contributed by atoms with E-state index in [9.17, 15) is 0 Å². The maximum Gasteiger partial charge on any atom is 0.197 e. The predicted molar refractivity (Wildman–Crippen MR) is 86.7 cm³/mol. The second kappa shape index (κ2) is 4.80. The van der Waals surface area contributed by atoms with Gasteiger partial charge in [0, 0.05) is 12.1 Å². The fourth-order valence-corrected chi connectivity index (χ4v) is 2.34. The first kappa shape index (κ1) is 14.9. The van der Waals surface area contributed by atoms with Crippen molar-refractivity contribution in [2.75, 3.05) is 0 Å². The van der Waals surface area contributed by atoms with E-state index in [-0.39, 0.29) is 11.0 Å². The molecule has 0 aromatic heterocycles. The van der Waals surface area contributed by atoms with Crippen LogP contribution in [0.25, 0.3) is 0 Å². The summed E-state index contributed by atoms with van der Waals surface area (Å²) >= 11 is 0. The van der Waals surface area contributed by atoms with E-state index in [0.29, 0.717) is 0 Å². The number of hydrogen-bond donors (Lipinski definition) is 2. The van der Waals surface area contributed by atoms with Crippen molar-refractivity contribution in [1.82, 2.24) is 10.6 Å². The molecule has 1 aromatic rings. The van der Waals surface area contributed by atoms with Gasteiger partial charge in [-0.15, -0.1) is 0 Å². The Bertz CT molecular complexity index is 543. The number of rotatable bonds is 0. The molecule has 3 heteroatoms. The number of hydrogen-bond acceptors (Lipinski definition) is 3. The van der Waals surface area contributed by atoms with E-state index in [4.69, 9.17) is 4.99 Å². The minimum atomic E-state index is 0.0165. The van der Waals surface area contributed by atoms with Crippen LogP contribution in [0.3, 0.4) is 0 Å². The first-order valence-electron chi connectivity index (χ1n) is 7.31. The van der Waals surface area contributed by atoms with Gasteiger partial charge in [-0.05, 0) is 49.8 Å². The second-order valence-electron chi connectivity index (χ2n) is 7.74. The van der Waals surface area contributed by atoms with Gasteiger partial charge in [-0.25, -0.2) is 4.99 Å². The molecule has 0 fully saturated rings. The lowest BCUT2D eigenvalue weighted by atomic mass is 9.84. The lowest BCUT2D eigenvalue weighted by Gasteiger charge is -2.28. The standard InChI is InChI=1S/C17H27N3/c1-11-8-13(16(2,3)4)9-12-10-18-15(19-14(11)12)20-17(5,6)7/h8-9H,10H2,1-7H3,(H2,18,19,20). The molecule has 0 amide bonds. The Balaban J connectivity index is 2.39. The molecule has 0 saturated heterocycles. The summed E-state index contributed by atoms with van der Waals surface area (Å²) < 4.78 is 0. The zero-order chi connectivity index (χ0) is 15.1. The van der Waals surface area contributed by atoms with Gasteiger partial charge in [0.15, 0.2) is 5.96 Å². The maximum atomic E-state index is 4.75. The van der Waals surface area contributed by atoms with Gasteiger partial charge in [0.25, 0.3) is 0 Å². The molecule has 0 spiro atoms. The van der Waals surface area contributed by atoms with Gasteiger partial charge in [0.1, 0.15) is 0 Å². The topological polar surface area (TPSA) is 36.4 Å². The molecule has 1 aliphatic heterocycles. The molecule has 2 N–H and O–H groups in total. The van der Waals surface area contributed by atoms with E-state index in [1.54, 1.807) is 0 Å². The smallest absolute Gasteiger partial charge is 0.197 e. The molecule has 1 heterocycles. The van der Waals surface area contributed by atoms with E-state index in [1.807, 2.05) is 0 Å². The number of nitrogens with one attached hydrogen (secondary N) is 2. The third-order valence-corrected chi connectivity index (χ3v) is 3.41. The van der Waals surface area contributed by atoms with E-state index < -0.39 is 0 Å². The Morgan fingerprint density at radius 3 is 2.30 bits per heavy atom. The molecule has 0 aliphatic carbocycles. The van der Waals surface area contributed by atoms with Crippen molar-refractivity contribution >= 4 is 11.6 Å². The van der Waals surface area contributed by atoms with Crippen LogP contribution in [0, 0.1) is 6.92 Å². The molecule has 0 saturated carbocycles. The van der Waals surface area contributed by atoms with Crippen molar-refractivity contribution < 1.29 is 0 Å². The van der Waals surface area contributed by atoms with Crippen LogP contribution in [0.4, 0.5) is 5.69 Å². The van der Waals surface area contributed by atoms with Crippen LogP contribution in [0.15, 0.2) is 17.1 Å². The molecule has 0 unspecified atom stereocenters. The zero-order valence-corrected chi connectivity index (χ0v) is 13.8. The first-order valence-corrected chi connectivity index (χ1v) is 7.31. The summed E-state index contributed by atoms with van der Waals surface area (Å²) in [6.07, 6.45) is 0. The average Bonchev–Trinajstić information content (AvgIpc) is 2.26. The van der Waals surface area contributed by atoms with Crippen LogP contribution in [0.2, 0.25) is 0 Å². The van der Waals surface area contributed by atoms with Gasteiger partial charge in [0.2, 0.25) is 0 Å². The van der Waals surface area contributed by atoms with Gasteiger partial charge in [-0.3, -0.25) is 0 Å². The Labute approximate surface area is 122 Å². The van der Waals surface area contributed by atoms with Crippen LogP contribution >= 0.6 is 0 Å². The summed E-state index contributed by atoms with van der Waals surface area (Å²) in [7, 11) is 0.